The third kappa shape index (κ3) is 3.45. The average molecular weight is 250 g/mol. The lowest BCUT2D eigenvalue weighted by Gasteiger charge is -2.10. The van der Waals surface area contributed by atoms with Gasteiger partial charge >= 0.3 is 0 Å². The van der Waals surface area contributed by atoms with Crippen molar-refractivity contribution in [3.05, 3.63) is 35.4 Å². The van der Waals surface area contributed by atoms with Gasteiger partial charge in [0.2, 0.25) is 0 Å². The monoisotopic (exact) mass is 250 g/mol. The predicted octanol–water partition coefficient (Wildman–Crippen LogP) is 1.48. The predicted molar refractivity (Wildman–Crippen MR) is 67.6 cm³/mol. The molecule has 0 radical (unpaired) electrons. The minimum atomic E-state index is 0.113. The summed E-state index contributed by atoms with van der Waals surface area (Å²) in [5.41, 5.74) is 7.23. The van der Waals surface area contributed by atoms with Crippen molar-refractivity contribution in [1.82, 2.24) is 0 Å². The number of oxime groups is 1. The van der Waals surface area contributed by atoms with Gasteiger partial charge in [0, 0.05) is 12.2 Å². The second kappa shape index (κ2) is 6.37. The molecule has 1 aromatic rings. The molecular weight excluding hydrogens is 232 g/mol. The molecule has 1 atom stereocenters. The highest BCUT2D eigenvalue weighted by Crippen LogP contribution is 2.13. The summed E-state index contributed by atoms with van der Waals surface area (Å²) in [7, 11) is 0. The summed E-state index contributed by atoms with van der Waals surface area (Å²) >= 11 is 0. The van der Waals surface area contributed by atoms with E-state index in [4.69, 9.17) is 20.4 Å². The van der Waals surface area contributed by atoms with E-state index in [1.807, 2.05) is 12.1 Å². The van der Waals surface area contributed by atoms with Gasteiger partial charge in [-0.25, -0.2) is 0 Å². The molecule has 3 N–H and O–H groups in total. The number of ether oxygens (including phenoxy) is 2. The molecule has 1 aliphatic rings. The minimum absolute atomic E-state index is 0.113. The smallest absolute Gasteiger partial charge is 0.170 e. The van der Waals surface area contributed by atoms with Crippen molar-refractivity contribution in [2.45, 2.75) is 25.6 Å². The van der Waals surface area contributed by atoms with E-state index in [0.717, 1.165) is 25.0 Å². The zero-order chi connectivity index (χ0) is 12.8. The lowest BCUT2D eigenvalue weighted by atomic mass is 10.1. The van der Waals surface area contributed by atoms with Gasteiger partial charge in [-0.2, -0.15) is 0 Å². The Hall–Kier alpha value is -1.59. The molecule has 1 unspecified atom stereocenters. The molecule has 1 aliphatic heterocycles. The Morgan fingerprint density at radius 3 is 2.83 bits per heavy atom. The van der Waals surface area contributed by atoms with Gasteiger partial charge in [0.1, 0.15) is 0 Å². The van der Waals surface area contributed by atoms with Gasteiger partial charge < -0.3 is 20.4 Å². The van der Waals surface area contributed by atoms with Crippen LogP contribution in [0.25, 0.3) is 0 Å². The molecule has 0 aromatic heterocycles. The Kier molecular flexibility index (Phi) is 4.55. The summed E-state index contributed by atoms with van der Waals surface area (Å²) in [6.45, 7) is 2.04. The van der Waals surface area contributed by atoms with Crippen LogP contribution in [0.3, 0.4) is 0 Å². The average Bonchev–Trinajstić information content (AvgIpc) is 2.92. The fraction of sp³-hybridized carbons (Fsp3) is 0.462. The van der Waals surface area contributed by atoms with Gasteiger partial charge in [-0.05, 0) is 18.4 Å². The molecule has 0 aliphatic carbocycles. The molecular formula is C13H18N2O3. The van der Waals surface area contributed by atoms with Gasteiger partial charge in [-0.15, -0.1) is 0 Å². The van der Waals surface area contributed by atoms with Crippen molar-refractivity contribution in [3.63, 3.8) is 0 Å². The van der Waals surface area contributed by atoms with Crippen molar-refractivity contribution < 1.29 is 14.7 Å². The molecule has 1 fully saturated rings. The van der Waals surface area contributed by atoms with Crippen LogP contribution in [0.15, 0.2) is 29.4 Å². The fourth-order valence-electron chi connectivity index (χ4n) is 1.91. The van der Waals surface area contributed by atoms with E-state index in [-0.39, 0.29) is 11.9 Å². The molecule has 1 saturated heterocycles. The molecule has 5 heteroatoms. The third-order valence-electron chi connectivity index (χ3n) is 2.95. The summed E-state index contributed by atoms with van der Waals surface area (Å²) in [6, 6.07) is 7.42. The first-order chi connectivity index (χ1) is 8.79. The number of nitrogens with zero attached hydrogens (tertiary/aromatic N) is 1. The van der Waals surface area contributed by atoms with Gasteiger partial charge in [-0.1, -0.05) is 29.4 Å². The molecule has 1 heterocycles. The number of nitrogens with two attached hydrogens (primary N) is 1. The normalized spacial score (nSPS) is 20.2. The van der Waals surface area contributed by atoms with Crippen LogP contribution in [0.5, 0.6) is 0 Å². The number of hydrogen-bond donors (Lipinski definition) is 2. The van der Waals surface area contributed by atoms with E-state index in [1.165, 1.54) is 0 Å². The van der Waals surface area contributed by atoms with Crippen LogP contribution >= 0.6 is 0 Å². The van der Waals surface area contributed by atoms with Crippen LogP contribution in [0, 0.1) is 0 Å². The van der Waals surface area contributed by atoms with E-state index >= 15 is 0 Å². The van der Waals surface area contributed by atoms with Crippen LogP contribution in [0.4, 0.5) is 0 Å². The summed E-state index contributed by atoms with van der Waals surface area (Å²) in [5.74, 6) is 0.113. The number of amidine groups is 1. The molecule has 98 valence electrons. The Balaban J connectivity index is 1.79. The zero-order valence-corrected chi connectivity index (χ0v) is 10.2. The van der Waals surface area contributed by atoms with E-state index in [1.54, 1.807) is 12.1 Å². The molecule has 0 spiro atoms. The summed E-state index contributed by atoms with van der Waals surface area (Å²) in [5, 5.41) is 11.5. The van der Waals surface area contributed by atoms with Crippen LogP contribution in [0.1, 0.15) is 24.0 Å². The van der Waals surface area contributed by atoms with Crippen molar-refractivity contribution in [1.29, 1.82) is 0 Å². The number of benzene rings is 1. The summed E-state index contributed by atoms with van der Waals surface area (Å²) < 4.78 is 11.1. The van der Waals surface area contributed by atoms with Crippen molar-refractivity contribution in [2.75, 3.05) is 13.2 Å². The van der Waals surface area contributed by atoms with E-state index in [2.05, 4.69) is 5.16 Å². The van der Waals surface area contributed by atoms with E-state index in [0.29, 0.717) is 18.8 Å². The van der Waals surface area contributed by atoms with Crippen LogP contribution < -0.4 is 5.73 Å². The van der Waals surface area contributed by atoms with Crippen molar-refractivity contribution in [2.24, 2.45) is 10.9 Å². The maximum atomic E-state index is 8.54. The second-order valence-electron chi connectivity index (χ2n) is 4.33. The third-order valence-corrected chi connectivity index (χ3v) is 2.95. The Morgan fingerprint density at radius 1 is 1.44 bits per heavy atom. The molecule has 2 rings (SSSR count). The minimum Gasteiger partial charge on any atom is -0.409 e. The Morgan fingerprint density at radius 2 is 2.22 bits per heavy atom. The molecule has 5 nitrogen and oxygen atoms in total. The topological polar surface area (TPSA) is 77.1 Å². The highest BCUT2D eigenvalue weighted by atomic mass is 16.5. The Labute approximate surface area is 106 Å². The van der Waals surface area contributed by atoms with Gasteiger partial charge in [0.05, 0.1) is 19.3 Å². The van der Waals surface area contributed by atoms with Crippen LogP contribution in [-0.2, 0) is 16.1 Å². The van der Waals surface area contributed by atoms with Crippen LogP contribution in [-0.4, -0.2) is 30.4 Å². The molecule has 0 amide bonds. The van der Waals surface area contributed by atoms with E-state index < -0.39 is 0 Å². The summed E-state index contributed by atoms with van der Waals surface area (Å²) in [6.07, 6.45) is 2.46. The van der Waals surface area contributed by atoms with E-state index in [9.17, 15) is 0 Å². The Bertz CT molecular complexity index is 397. The first kappa shape index (κ1) is 12.9. The van der Waals surface area contributed by atoms with Crippen LogP contribution in [0.2, 0.25) is 0 Å². The van der Waals surface area contributed by atoms with Gasteiger partial charge in [0.15, 0.2) is 5.84 Å². The zero-order valence-electron chi connectivity index (χ0n) is 10.2. The first-order valence-corrected chi connectivity index (χ1v) is 6.06. The molecule has 0 bridgehead atoms. The van der Waals surface area contributed by atoms with Crippen molar-refractivity contribution in [3.8, 4) is 0 Å². The highest BCUT2D eigenvalue weighted by Gasteiger charge is 2.15. The lowest BCUT2D eigenvalue weighted by Crippen LogP contribution is -2.14. The fourth-order valence-corrected chi connectivity index (χ4v) is 1.91. The molecule has 1 aromatic carbocycles. The molecule has 0 saturated carbocycles. The van der Waals surface area contributed by atoms with Gasteiger partial charge in [0.25, 0.3) is 0 Å². The highest BCUT2D eigenvalue weighted by molar-refractivity contribution is 5.96. The second-order valence-corrected chi connectivity index (χ2v) is 4.33. The lowest BCUT2D eigenvalue weighted by molar-refractivity contribution is 0.0106. The SMILES string of the molecule is N/C(=N\O)c1ccc(COCC2CCCO2)cc1. The first-order valence-electron chi connectivity index (χ1n) is 6.06. The largest absolute Gasteiger partial charge is 0.409 e. The number of rotatable bonds is 5. The standard InChI is InChI=1S/C13H18N2O3/c14-13(15-16)11-5-3-10(4-6-11)8-17-9-12-2-1-7-18-12/h3-6,12,16H,1-2,7-9H2,(H2,14,15). The molecule has 18 heavy (non-hydrogen) atoms. The maximum Gasteiger partial charge on any atom is 0.170 e. The number of hydrogen-bond acceptors (Lipinski definition) is 4. The van der Waals surface area contributed by atoms with Gasteiger partial charge in [-0.3, -0.25) is 0 Å². The van der Waals surface area contributed by atoms with Crippen molar-refractivity contribution >= 4 is 5.84 Å². The summed E-state index contributed by atoms with van der Waals surface area (Å²) in [4.78, 5) is 0. The maximum absolute atomic E-state index is 8.54. The quantitative estimate of drug-likeness (QED) is 0.359.